The first-order valence-electron chi connectivity index (χ1n) is 5.99. The van der Waals surface area contributed by atoms with Gasteiger partial charge in [0.15, 0.2) is 0 Å². The molecular weight excluding hydrogens is 242 g/mol. The van der Waals surface area contributed by atoms with Crippen LogP contribution in [0.4, 0.5) is 11.4 Å². The fourth-order valence-corrected chi connectivity index (χ4v) is 1.89. The van der Waals surface area contributed by atoms with Crippen molar-refractivity contribution in [1.82, 2.24) is 4.98 Å². The van der Waals surface area contributed by atoms with Crippen molar-refractivity contribution in [3.63, 3.8) is 0 Å². The van der Waals surface area contributed by atoms with Crippen molar-refractivity contribution in [1.29, 1.82) is 0 Å². The molecular formula is C14H15N3O2. The second kappa shape index (κ2) is 5.48. The van der Waals surface area contributed by atoms with E-state index in [1.807, 2.05) is 26.0 Å². The van der Waals surface area contributed by atoms with Gasteiger partial charge in [-0.1, -0.05) is 0 Å². The quantitative estimate of drug-likeness (QED) is 0.672. The molecule has 0 saturated carbocycles. The normalized spacial score (nSPS) is 11.9. The van der Waals surface area contributed by atoms with E-state index in [-0.39, 0.29) is 16.7 Å². The van der Waals surface area contributed by atoms with Crippen LogP contribution in [0.1, 0.15) is 24.1 Å². The zero-order valence-corrected chi connectivity index (χ0v) is 10.8. The Morgan fingerprint density at radius 2 is 1.95 bits per heavy atom. The van der Waals surface area contributed by atoms with Gasteiger partial charge >= 0.3 is 0 Å². The molecule has 2 aromatic rings. The van der Waals surface area contributed by atoms with Crippen molar-refractivity contribution in [2.24, 2.45) is 0 Å². The summed E-state index contributed by atoms with van der Waals surface area (Å²) in [6, 6.07) is 8.82. The Morgan fingerprint density at radius 3 is 2.53 bits per heavy atom. The molecule has 0 spiro atoms. The molecule has 5 nitrogen and oxygen atoms in total. The third-order valence-corrected chi connectivity index (χ3v) is 3.00. The lowest BCUT2D eigenvalue weighted by Crippen LogP contribution is -2.07. The number of aryl methyl sites for hydroxylation is 1. The summed E-state index contributed by atoms with van der Waals surface area (Å²) >= 11 is 0. The van der Waals surface area contributed by atoms with E-state index in [1.165, 1.54) is 6.07 Å². The standard InChI is InChI=1S/C14H15N3O2/c1-10-9-13(17(18)19)3-4-14(10)16-11(2)12-5-7-15-8-6-12/h3-9,11,16H,1-2H3. The van der Waals surface area contributed by atoms with Gasteiger partial charge in [-0.25, -0.2) is 0 Å². The van der Waals surface area contributed by atoms with Crippen molar-refractivity contribution >= 4 is 11.4 Å². The number of non-ortho nitro benzene ring substituents is 1. The van der Waals surface area contributed by atoms with Crippen molar-refractivity contribution in [3.05, 3.63) is 64.0 Å². The van der Waals surface area contributed by atoms with Crippen LogP contribution in [-0.4, -0.2) is 9.91 Å². The van der Waals surface area contributed by atoms with Gasteiger partial charge in [0.1, 0.15) is 0 Å². The molecule has 1 heterocycles. The van der Waals surface area contributed by atoms with E-state index in [2.05, 4.69) is 10.3 Å². The van der Waals surface area contributed by atoms with Gasteiger partial charge in [-0.2, -0.15) is 0 Å². The second-order valence-corrected chi connectivity index (χ2v) is 4.40. The first-order valence-corrected chi connectivity index (χ1v) is 5.99. The van der Waals surface area contributed by atoms with Crippen LogP contribution in [-0.2, 0) is 0 Å². The fraction of sp³-hybridized carbons (Fsp3) is 0.214. The maximum atomic E-state index is 10.7. The lowest BCUT2D eigenvalue weighted by Gasteiger charge is -2.17. The molecule has 1 unspecified atom stereocenters. The molecule has 1 aromatic heterocycles. The van der Waals surface area contributed by atoms with E-state index < -0.39 is 0 Å². The Bertz CT molecular complexity index is 584. The maximum Gasteiger partial charge on any atom is 0.269 e. The van der Waals surface area contributed by atoms with Gasteiger partial charge in [-0.05, 0) is 43.2 Å². The molecule has 0 radical (unpaired) electrons. The monoisotopic (exact) mass is 257 g/mol. The molecule has 0 saturated heterocycles. The molecule has 5 heteroatoms. The summed E-state index contributed by atoms with van der Waals surface area (Å²) in [6.07, 6.45) is 3.49. The first kappa shape index (κ1) is 13.0. The molecule has 1 N–H and O–H groups in total. The zero-order chi connectivity index (χ0) is 13.8. The highest BCUT2D eigenvalue weighted by atomic mass is 16.6. The molecule has 0 aliphatic heterocycles. The van der Waals surface area contributed by atoms with Crippen molar-refractivity contribution in [2.45, 2.75) is 19.9 Å². The van der Waals surface area contributed by atoms with Crippen LogP contribution in [0.2, 0.25) is 0 Å². The average Bonchev–Trinajstić information content (AvgIpc) is 2.41. The summed E-state index contributed by atoms with van der Waals surface area (Å²) in [5, 5.41) is 14.0. The summed E-state index contributed by atoms with van der Waals surface area (Å²) in [7, 11) is 0. The number of anilines is 1. The van der Waals surface area contributed by atoms with Crippen molar-refractivity contribution in [2.75, 3.05) is 5.32 Å². The van der Waals surface area contributed by atoms with Crippen LogP contribution in [0.15, 0.2) is 42.7 Å². The molecule has 0 bridgehead atoms. The summed E-state index contributed by atoms with van der Waals surface area (Å²) in [6.45, 7) is 3.89. The minimum Gasteiger partial charge on any atom is -0.378 e. The summed E-state index contributed by atoms with van der Waals surface area (Å²) in [4.78, 5) is 14.3. The Hall–Kier alpha value is -2.43. The van der Waals surface area contributed by atoms with E-state index in [4.69, 9.17) is 0 Å². The Balaban J connectivity index is 2.18. The average molecular weight is 257 g/mol. The summed E-state index contributed by atoms with van der Waals surface area (Å²) in [5.41, 5.74) is 2.98. The van der Waals surface area contributed by atoms with Crippen LogP contribution < -0.4 is 5.32 Å². The van der Waals surface area contributed by atoms with E-state index in [0.29, 0.717) is 0 Å². The molecule has 1 aromatic carbocycles. The zero-order valence-electron chi connectivity index (χ0n) is 10.8. The number of nitro benzene ring substituents is 1. The van der Waals surface area contributed by atoms with Gasteiger partial charge in [-0.15, -0.1) is 0 Å². The summed E-state index contributed by atoms with van der Waals surface area (Å²) in [5.74, 6) is 0. The van der Waals surface area contributed by atoms with Gasteiger partial charge in [-0.3, -0.25) is 15.1 Å². The first-order chi connectivity index (χ1) is 9.08. The lowest BCUT2D eigenvalue weighted by atomic mass is 10.1. The van der Waals surface area contributed by atoms with Gasteiger partial charge in [0.05, 0.1) is 4.92 Å². The van der Waals surface area contributed by atoms with E-state index >= 15 is 0 Å². The predicted octanol–water partition coefficient (Wildman–Crippen LogP) is 3.47. The number of hydrogen-bond acceptors (Lipinski definition) is 4. The number of rotatable bonds is 4. The van der Waals surface area contributed by atoms with Crippen LogP contribution in [0.3, 0.4) is 0 Å². The lowest BCUT2D eigenvalue weighted by molar-refractivity contribution is -0.384. The number of aromatic nitrogens is 1. The minimum atomic E-state index is -0.386. The molecule has 19 heavy (non-hydrogen) atoms. The molecule has 1 atom stereocenters. The van der Waals surface area contributed by atoms with Gasteiger partial charge in [0, 0.05) is 36.3 Å². The molecule has 0 amide bonds. The van der Waals surface area contributed by atoms with E-state index in [1.54, 1.807) is 24.5 Å². The van der Waals surface area contributed by atoms with Gasteiger partial charge in [0.2, 0.25) is 0 Å². The molecule has 0 aliphatic carbocycles. The predicted molar refractivity (Wildman–Crippen MR) is 74.1 cm³/mol. The second-order valence-electron chi connectivity index (χ2n) is 4.40. The van der Waals surface area contributed by atoms with Crippen molar-refractivity contribution < 1.29 is 4.92 Å². The smallest absolute Gasteiger partial charge is 0.269 e. The van der Waals surface area contributed by atoms with Gasteiger partial charge in [0.25, 0.3) is 5.69 Å². The highest BCUT2D eigenvalue weighted by Crippen LogP contribution is 2.25. The Kier molecular flexibility index (Phi) is 3.75. The number of nitrogens with one attached hydrogen (secondary N) is 1. The number of nitro groups is 1. The van der Waals surface area contributed by atoms with E-state index in [9.17, 15) is 10.1 Å². The van der Waals surface area contributed by atoms with Crippen LogP contribution in [0.25, 0.3) is 0 Å². The van der Waals surface area contributed by atoms with Gasteiger partial charge < -0.3 is 5.32 Å². The number of benzene rings is 1. The fourth-order valence-electron chi connectivity index (χ4n) is 1.89. The molecule has 0 fully saturated rings. The third kappa shape index (κ3) is 3.07. The van der Waals surface area contributed by atoms with Crippen LogP contribution >= 0.6 is 0 Å². The molecule has 0 aliphatic rings. The highest BCUT2D eigenvalue weighted by Gasteiger charge is 2.10. The van der Waals surface area contributed by atoms with Crippen LogP contribution in [0, 0.1) is 17.0 Å². The SMILES string of the molecule is Cc1cc([N+](=O)[O-])ccc1NC(C)c1ccncc1. The van der Waals surface area contributed by atoms with E-state index in [0.717, 1.165) is 16.8 Å². The molecule has 2 rings (SSSR count). The third-order valence-electron chi connectivity index (χ3n) is 3.00. The minimum absolute atomic E-state index is 0.111. The maximum absolute atomic E-state index is 10.7. The number of pyridine rings is 1. The number of nitrogens with zero attached hydrogens (tertiary/aromatic N) is 2. The Morgan fingerprint density at radius 1 is 1.26 bits per heavy atom. The highest BCUT2D eigenvalue weighted by molar-refractivity contribution is 5.56. The number of hydrogen-bond donors (Lipinski definition) is 1. The van der Waals surface area contributed by atoms with Crippen molar-refractivity contribution in [3.8, 4) is 0 Å². The summed E-state index contributed by atoms with van der Waals surface area (Å²) < 4.78 is 0. The topological polar surface area (TPSA) is 68.1 Å². The largest absolute Gasteiger partial charge is 0.378 e. The van der Waals surface area contributed by atoms with Crippen LogP contribution in [0.5, 0.6) is 0 Å². The Labute approximate surface area is 111 Å². The molecule has 98 valence electrons.